The second kappa shape index (κ2) is 14.8. The number of hydrogen-bond acceptors (Lipinski definition) is 16. The molecule has 0 amide bonds. The van der Waals surface area contributed by atoms with Gasteiger partial charge in [-0.3, -0.25) is 0 Å². The minimum Gasteiger partial charge on any atom is -0.394 e. The van der Waals surface area contributed by atoms with Crippen LogP contribution in [0.5, 0.6) is 0 Å². The maximum absolute atomic E-state index is 10.9. The summed E-state index contributed by atoms with van der Waals surface area (Å²) in [6, 6.07) is 0. The van der Waals surface area contributed by atoms with Crippen molar-refractivity contribution in [3.63, 3.8) is 0 Å². The smallest absolute Gasteiger partial charge is 0.187 e. The molecule has 0 aromatic heterocycles. The molecule has 16 heteroatoms. The number of aliphatic hydroxyl groups is 9. The molecule has 3 fully saturated rings. The van der Waals surface area contributed by atoms with Crippen molar-refractivity contribution >= 4 is 0 Å². The van der Waals surface area contributed by atoms with Gasteiger partial charge in [-0.25, -0.2) is 0 Å². The summed E-state index contributed by atoms with van der Waals surface area (Å²) in [6.45, 7) is -0.713. The predicted molar refractivity (Wildman–Crippen MR) is 122 cm³/mol. The molecule has 10 unspecified atom stereocenters. The fourth-order valence-corrected chi connectivity index (χ4v) is 4.49. The second-order valence-electron chi connectivity index (χ2n) is 9.58. The van der Waals surface area contributed by atoms with Gasteiger partial charge in [0.2, 0.25) is 0 Å². The van der Waals surface area contributed by atoms with Gasteiger partial charge >= 0.3 is 0 Å². The minimum atomic E-state index is -1.69. The summed E-state index contributed by atoms with van der Waals surface area (Å²) in [5, 5.41) is 93.2. The van der Waals surface area contributed by atoms with Gasteiger partial charge in [0.05, 0.1) is 38.6 Å². The topological polar surface area (TPSA) is 249 Å². The van der Waals surface area contributed by atoms with E-state index in [1.807, 2.05) is 0 Å². The van der Waals surface area contributed by atoms with Crippen LogP contribution in [0.2, 0.25) is 0 Å². The van der Waals surface area contributed by atoms with Crippen LogP contribution in [0.1, 0.15) is 12.8 Å². The Labute approximate surface area is 219 Å². The van der Waals surface area contributed by atoms with E-state index in [2.05, 4.69) is 5.32 Å². The Hall–Kier alpha value is -0.640. The number of nitrogens with one attached hydrogen (secondary N) is 1. The van der Waals surface area contributed by atoms with E-state index in [-0.39, 0.29) is 19.6 Å². The van der Waals surface area contributed by atoms with Crippen LogP contribution in [-0.4, -0.2) is 172 Å². The highest BCUT2D eigenvalue weighted by molar-refractivity contribution is 4.92. The lowest BCUT2D eigenvalue weighted by Crippen LogP contribution is -2.62. The van der Waals surface area contributed by atoms with Crippen molar-refractivity contribution in [1.29, 1.82) is 0 Å². The molecule has 0 aliphatic carbocycles. The van der Waals surface area contributed by atoms with Crippen LogP contribution in [0.25, 0.3) is 0 Å². The summed E-state index contributed by atoms with van der Waals surface area (Å²) >= 11 is 0. The Kier molecular flexibility index (Phi) is 12.4. The van der Waals surface area contributed by atoms with E-state index in [0.29, 0.717) is 13.0 Å². The molecular weight excluding hydrogens is 518 g/mol. The van der Waals surface area contributed by atoms with Crippen molar-refractivity contribution in [3.05, 3.63) is 0 Å². The molecule has 0 bridgehead atoms. The van der Waals surface area contributed by atoms with Crippen molar-refractivity contribution in [2.24, 2.45) is 0 Å². The Morgan fingerprint density at radius 2 is 1.24 bits per heavy atom. The third-order valence-corrected chi connectivity index (χ3v) is 6.79. The van der Waals surface area contributed by atoms with Crippen LogP contribution in [0.3, 0.4) is 0 Å². The molecule has 3 aliphatic heterocycles. The molecule has 3 rings (SSSR count). The van der Waals surface area contributed by atoms with E-state index in [0.717, 1.165) is 0 Å². The number of rotatable bonds is 12. The maximum atomic E-state index is 10.9. The fourth-order valence-electron chi connectivity index (χ4n) is 4.49. The Bertz CT molecular complexity index is 689. The monoisotopic (exact) mass is 559 g/mol. The molecule has 0 aromatic rings. The first kappa shape index (κ1) is 31.9. The SMILES string of the molecule is CNCCCOC1OC(CO[C@H]2OC(CO)[C@@H](O)C(O)C2O)CC(O[C@H]2OC(CO)[C@@H](O)C(O)C2O)C1O. The summed E-state index contributed by atoms with van der Waals surface area (Å²) in [5.74, 6) is 0. The van der Waals surface area contributed by atoms with Crippen molar-refractivity contribution in [1.82, 2.24) is 5.32 Å². The van der Waals surface area contributed by atoms with Crippen molar-refractivity contribution in [3.8, 4) is 0 Å². The lowest BCUT2D eigenvalue weighted by atomic mass is 9.98. The van der Waals surface area contributed by atoms with Crippen LogP contribution < -0.4 is 5.32 Å². The van der Waals surface area contributed by atoms with Gasteiger partial charge in [0.15, 0.2) is 18.9 Å². The first-order chi connectivity index (χ1) is 18.1. The van der Waals surface area contributed by atoms with E-state index >= 15 is 0 Å². The Balaban J connectivity index is 1.67. The van der Waals surface area contributed by atoms with E-state index in [4.69, 9.17) is 28.4 Å². The second-order valence-corrected chi connectivity index (χ2v) is 9.58. The lowest BCUT2D eigenvalue weighted by molar-refractivity contribution is -0.348. The quantitative estimate of drug-likeness (QED) is 0.0999. The molecule has 0 spiro atoms. The molecule has 14 atom stereocenters. The predicted octanol–water partition coefficient (Wildman–Crippen LogP) is -5.91. The van der Waals surface area contributed by atoms with Gasteiger partial charge in [0, 0.05) is 6.42 Å². The highest BCUT2D eigenvalue weighted by atomic mass is 16.7. The first-order valence-corrected chi connectivity index (χ1v) is 12.6. The number of hydrogen-bond donors (Lipinski definition) is 10. The Morgan fingerprint density at radius 3 is 1.82 bits per heavy atom. The van der Waals surface area contributed by atoms with E-state index in [1.165, 1.54) is 0 Å². The van der Waals surface area contributed by atoms with Crippen LogP contribution in [0, 0.1) is 0 Å². The van der Waals surface area contributed by atoms with Gasteiger partial charge < -0.3 is 79.7 Å². The molecule has 16 nitrogen and oxygen atoms in total. The van der Waals surface area contributed by atoms with Crippen molar-refractivity contribution in [2.75, 3.05) is 40.0 Å². The minimum absolute atomic E-state index is 0.0516. The number of ether oxygens (including phenoxy) is 6. The van der Waals surface area contributed by atoms with Gasteiger partial charge in [0.25, 0.3) is 0 Å². The summed E-state index contributed by atoms with van der Waals surface area (Å²) in [5.41, 5.74) is 0. The third-order valence-electron chi connectivity index (χ3n) is 6.79. The van der Waals surface area contributed by atoms with E-state index < -0.39 is 99.2 Å². The van der Waals surface area contributed by atoms with Crippen LogP contribution in [-0.2, 0) is 28.4 Å². The summed E-state index contributed by atoms with van der Waals surface area (Å²) in [7, 11) is 1.77. The van der Waals surface area contributed by atoms with Gasteiger partial charge in [-0.05, 0) is 20.0 Å². The lowest BCUT2D eigenvalue weighted by Gasteiger charge is -2.44. The average Bonchev–Trinajstić information content (AvgIpc) is 2.91. The zero-order chi connectivity index (χ0) is 28.0. The molecule has 38 heavy (non-hydrogen) atoms. The molecule has 0 saturated carbocycles. The van der Waals surface area contributed by atoms with Gasteiger partial charge in [-0.1, -0.05) is 0 Å². The van der Waals surface area contributed by atoms with Crippen LogP contribution in [0.15, 0.2) is 0 Å². The number of aliphatic hydroxyl groups excluding tert-OH is 9. The van der Waals surface area contributed by atoms with E-state index in [9.17, 15) is 46.0 Å². The molecular formula is C22H41NO15. The summed E-state index contributed by atoms with van der Waals surface area (Å²) < 4.78 is 33.5. The summed E-state index contributed by atoms with van der Waals surface area (Å²) in [6.07, 6.45) is -19.1. The molecule has 3 saturated heterocycles. The molecule has 3 heterocycles. The van der Waals surface area contributed by atoms with Gasteiger partial charge in [-0.2, -0.15) is 0 Å². The average molecular weight is 560 g/mol. The summed E-state index contributed by atoms with van der Waals surface area (Å²) in [4.78, 5) is 0. The molecule has 10 N–H and O–H groups in total. The molecule has 0 radical (unpaired) electrons. The standard InChI is InChI=1S/C22H41NO15/c1-23-3-2-4-33-20-15(28)10(36-22-19(32)17(30)14(27)12(7-25)38-22)5-9(35-20)8-34-21-18(31)16(29)13(26)11(6-24)37-21/h9-32H,2-8H2,1H3/t9?,10?,11?,12?,13-,14-,15?,16?,17?,18?,19?,20?,21+,22+/m1/s1. The molecule has 224 valence electrons. The highest BCUT2D eigenvalue weighted by Crippen LogP contribution is 2.30. The normalized spacial score (nSPS) is 46.3. The molecule has 0 aromatic carbocycles. The van der Waals surface area contributed by atoms with E-state index in [1.54, 1.807) is 7.05 Å². The largest absolute Gasteiger partial charge is 0.394 e. The van der Waals surface area contributed by atoms with Gasteiger partial charge in [-0.15, -0.1) is 0 Å². The fraction of sp³-hybridized carbons (Fsp3) is 1.00. The van der Waals surface area contributed by atoms with Crippen LogP contribution >= 0.6 is 0 Å². The zero-order valence-corrected chi connectivity index (χ0v) is 21.0. The Morgan fingerprint density at radius 1 is 0.684 bits per heavy atom. The maximum Gasteiger partial charge on any atom is 0.187 e. The van der Waals surface area contributed by atoms with Crippen molar-refractivity contribution in [2.45, 2.75) is 98.9 Å². The van der Waals surface area contributed by atoms with Crippen molar-refractivity contribution < 1.29 is 74.4 Å². The van der Waals surface area contributed by atoms with Gasteiger partial charge in [0.1, 0.15) is 54.9 Å². The highest BCUT2D eigenvalue weighted by Gasteiger charge is 2.49. The van der Waals surface area contributed by atoms with Crippen LogP contribution in [0.4, 0.5) is 0 Å². The molecule has 3 aliphatic rings. The zero-order valence-electron chi connectivity index (χ0n) is 21.0. The third kappa shape index (κ3) is 7.55. The first-order valence-electron chi connectivity index (χ1n) is 12.6.